The summed E-state index contributed by atoms with van der Waals surface area (Å²) in [5.41, 5.74) is 0. The highest BCUT2D eigenvalue weighted by Gasteiger charge is 2.35. The van der Waals surface area contributed by atoms with Crippen molar-refractivity contribution in [2.24, 2.45) is 11.8 Å². The largest absolute Gasteiger partial charge is 0.310 e. The van der Waals surface area contributed by atoms with Crippen LogP contribution >= 0.6 is 0 Å². The van der Waals surface area contributed by atoms with E-state index in [1.807, 2.05) is 0 Å². The zero-order valence-electron chi connectivity index (χ0n) is 12.0. The molecular weight excluding hydrogens is 220 g/mol. The molecule has 4 fully saturated rings. The van der Waals surface area contributed by atoms with Gasteiger partial charge in [0.1, 0.15) is 0 Å². The second-order valence-electron chi connectivity index (χ2n) is 6.95. The van der Waals surface area contributed by atoms with E-state index in [4.69, 9.17) is 0 Å². The van der Waals surface area contributed by atoms with Gasteiger partial charge in [-0.2, -0.15) is 0 Å². The molecule has 2 heteroatoms. The predicted molar refractivity (Wildman–Crippen MR) is 76.7 cm³/mol. The molecule has 0 spiro atoms. The molecule has 4 rings (SSSR count). The molecule has 0 amide bonds. The number of piperidine rings is 3. The van der Waals surface area contributed by atoms with Crippen LogP contribution in [-0.4, -0.2) is 36.6 Å². The molecule has 1 aliphatic carbocycles. The fraction of sp³-hybridized carbons (Fsp3) is 1.00. The molecule has 3 aliphatic heterocycles. The van der Waals surface area contributed by atoms with Gasteiger partial charge in [-0.25, -0.2) is 0 Å². The van der Waals surface area contributed by atoms with Crippen LogP contribution in [0.4, 0.5) is 0 Å². The van der Waals surface area contributed by atoms with Gasteiger partial charge in [0.25, 0.3) is 0 Å². The van der Waals surface area contributed by atoms with Crippen LogP contribution < -0.4 is 5.32 Å². The third-order valence-electron chi connectivity index (χ3n) is 5.74. The van der Waals surface area contributed by atoms with Crippen molar-refractivity contribution < 1.29 is 0 Å². The first-order valence-electron chi connectivity index (χ1n) is 8.31. The van der Waals surface area contributed by atoms with Crippen molar-refractivity contribution in [1.29, 1.82) is 0 Å². The third-order valence-corrected chi connectivity index (χ3v) is 5.74. The van der Waals surface area contributed by atoms with Crippen molar-refractivity contribution in [3.05, 3.63) is 0 Å². The molecule has 0 aromatic rings. The van der Waals surface area contributed by atoms with Crippen molar-refractivity contribution in [2.45, 2.75) is 70.4 Å². The molecule has 0 radical (unpaired) electrons. The summed E-state index contributed by atoms with van der Waals surface area (Å²) in [6.45, 7) is 6.50. The summed E-state index contributed by atoms with van der Waals surface area (Å²) in [6.07, 6.45) is 11.7. The number of rotatable bonds is 3. The Morgan fingerprint density at radius 3 is 2.17 bits per heavy atom. The van der Waals surface area contributed by atoms with E-state index in [-0.39, 0.29) is 0 Å². The summed E-state index contributed by atoms with van der Waals surface area (Å²) in [5.74, 6) is 1.92. The Morgan fingerprint density at radius 1 is 0.944 bits per heavy atom. The Bertz CT molecular complexity index is 250. The first kappa shape index (κ1) is 12.9. The van der Waals surface area contributed by atoms with Crippen LogP contribution in [0.25, 0.3) is 0 Å². The van der Waals surface area contributed by atoms with Crippen molar-refractivity contribution in [3.8, 4) is 0 Å². The van der Waals surface area contributed by atoms with Gasteiger partial charge in [0.2, 0.25) is 0 Å². The van der Waals surface area contributed by atoms with E-state index in [1.165, 1.54) is 71.0 Å². The summed E-state index contributed by atoms with van der Waals surface area (Å²) in [6, 6.07) is 1.54. The predicted octanol–water partition coefficient (Wildman–Crippen LogP) is 3.03. The first-order valence-corrected chi connectivity index (χ1v) is 8.31. The Balaban J connectivity index is 1.52. The molecule has 1 saturated carbocycles. The lowest BCUT2D eigenvalue weighted by Crippen LogP contribution is -2.58. The normalized spacial score (nSPS) is 39.5. The minimum Gasteiger partial charge on any atom is -0.310 e. The van der Waals surface area contributed by atoms with Gasteiger partial charge < -0.3 is 10.2 Å². The summed E-state index contributed by atoms with van der Waals surface area (Å²) in [4.78, 5) is 2.66. The van der Waals surface area contributed by atoms with E-state index in [2.05, 4.69) is 17.1 Å². The number of hydrogen-bond donors (Lipinski definition) is 1. The Kier molecular flexibility index (Phi) is 4.25. The molecule has 2 bridgehead atoms. The SMILES string of the molecule is C[C@@H](NC1CN2CCC1CC2)C1CCCCCC1. The number of nitrogens with zero attached hydrogens (tertiary/aromatic N) is 1. The molecule has 2 nitrogen and oxygen atoms in total. The van der Waals surface area contributed by atoms with E-state index in [0.29, 0.717) is 0 Å². The molecule has 3 saturated heterocycles. The molecule has 104 valence electrons. The van der Waals surface area contributed by atoms with Crippen LogP contribution in [0.1, 0.15) is 58.3 Å². The van der Waals surface area contributed by atoms with Gasteiger partial charge in [-0.05, 0) is 57.5 Å². The molecule has 0 aromatic heterocycles. The van der Waals surface area contributed by atoms with Gasteiger partial charge in [-0.15, -0.1) is 0 Å². The van der Waals surface area contributed by atoms with Gasteiger partial charge >= 0.3 is 0 Å². The quantitative estimate of drug-likeness (QED) is 0.775. The monoisotopic (exact) mass is 250 g/mol. The fourth-order valence-electron chi connectivity index (χ4n) is 4.44. The van der Waals surface area contributed by atoms with Gasteiger partial charge in [0.05, 0.1) is 0 Å². The van der Waals surface area contributed by atoms with Crippen molar-refractivity contribution >= 4 is 0 Å². The Labute approximate surface area is 113 Å². The highest BCUT2D eigenvalue weighted by molar-refractivity contribution is 4.92. The van der Waals surface area contributed by atoms with Gasteiger partial charge in [0.15, 0.2) is 0 Å². The Morgan fingerprint density at radius 2 is 1.61 bits per heavy atom. The second-order valence-corrected chi connectivity index (χ2v) is 6.95. The van der Waals surface area contributed by atoms with Gasteiger partial charge in [-0.1, -0.05) is 25.7 Å². The molecule has 0 aromatic carbocycles. The van der Waals surface area contributed by atoms with Crippen molar-refractivity contribution in [2.75, 3.05) is 19.6 Å². The van der Waals surface area contributed by atoms with E-state index >= 15 is 0 Å². The molecule has 18 heavy (non-hydrogen) atoms. The lowest BCUT2D eigenvalue weighted by atomic mass is 9.82. The third kappa shape index (κ3) is 2.91. The minimum atomic E-state index is 0.744. The average molecular weight is 250 g/mol. The maximum atomic E-state index is 4.01. The van der Waals surface area contributed by atoms with Crippen molar-refractivity contribution in [3.63, 3.8) is 0 Å². The highest BCUT2D eigenvalue weighted by atomic mass is 15.2. The highest BCUT2D eigenvalue weighted by Crippen LogP contribution is 2.30. The molecular formula is C16H30N2. The number of nitrogens with one attached hydrogen (secondary N) is 1. The summed E-state index contributed by atoms with van der Waals surface area (Å²) in [7, 11) is 0. The summed E-state index contributed by atoms with van der Waals surface area (Å²) >= 11 is 0. The van der Waals surface area contributed by atoms with Gasteiger partial charge in [-0.3, -0.25) is 0 Å². The van der Waals surface area contributed by atoms with Crippen LogP contribution in [0.5, 0.6) is 0 Å². The Hall–Kier alpha value is -0.0800. The summed E-state index contributed by atoms with van der Waals surface area (Å²) < 4.78 is 0. The second kappa shape index (κ2) is 5.92. The molecule has 4 aliphatic rings. The van der Waals surface area contributed by atoms with E-state index in [0.717, 1.165) is 23.9 Å². The van der Waals surface area contributed by atoms with E-state index < -0.39 is 0 Å². The standard InChI is InChI=1S/C16H30N2/c1-13(14-6-4-2-3-5-7-14)17-16-12-18-10-8-15(16)9-11-18/h13-17H,2-12H2,1H3/t13-,16?/m1/s1. The van der Waals surface area contributed by atoms with Crippen LogP contribution in [-0.2, 0) is 0 Å². The topological polar surface area (TPSA) is 15.3 Å². The van der Waals surface area contributed by atoms with Crippen molar-refractivity contribution in [1.82, 2.24) is 10.2 Å². The van der Waals surface area contributed by atoms with Crippen LogP contribution in [0.2, 0.25) is 0 Å². The average Bonchev–Trinajstić information content (AvgIpc) is 2.69. The van der Waals surface area contributed by atoms with E-state index in [9.17, 15) is 0 Å². The molecule has 1 N–H and O–H groups in total. The number of fused-ring (bicyclic) bond motifs is 3. The summed E-state index contributed by atoms with van der Waals surface area (Å²) in [5, 5.41) is 4.01. The smallest absolute Gasteiger partial charge is 0.0226 e. The molecule has 2 atom stereocenters. The molecule has 1 unspecified atom stereocenters. The van der Waals surface area contributed by atoms with Crippen LogP contribution in [0.3, 0.4) is 0 Å². The lowest BCUT2D eigenvalue weighted by molar-refractivity contribution is 0.0630. The van der Waals surface area contributed by atoms with E-state index in [1.54, 1.807) is 0 Å². The number of hydrogen-bond acceptors (Lipinski definition) is 2. The maximum Gasteiger partial charge on any atom is 0.0226 e. The fourth-order valence-corrected chi connectivity index (χ4v) is 4.44. The first-order chi connectivity index (χ1) is 8.83. The zero-order valence-corrected chi connectivity index (χ0v) is 12.0. The maximum absolute atomic E-state index is 4.01. The minimum absolute atomic E-state index is 0.744. The van der Waals surface area contributed by atoms with Crippen LogP contribution in [0.15, 0.2) is 0 Å². The lowest BCUT2D eigenvalue weighted by Gasteiger charge is -2.46. The van der Waals surface area contributed by atoms with Crippen LogP contribution in [0, 0.1) is 11.8 Å². The molecule has 3 heterocycles. The van der Waals surface area contributed by atoms with Gasteiger partial charge in [0, 0.05) is 18.6 Å². The zero-order chi connectivity index (χ0) is 12.4.